The van der Waals surface area contributed by atoms with Crippen molar-refractivity contribution in [2.45, 2.75) is 57.1 Å². The van der Waals surface area contributed by atoms with Gasteiger partial charge in [0.2, 0.25) is 0 Å². The van der Waals surface area contributed by atoms with Gasteiger partial charge in [-0.3, -0.25) is 0 Å². The van der Waals surface area contributed by atoms with Crippen molar-refractivity contribution in [3.05, 3.63) is 68.6 Å². The van der Waals surface area contributed by atoms with Gasteiger partial charge in [-0.25, -0.2) is 0 Å². The van der Waals surface area contributed by atoms with E-state index >= 15 is 0 Å². The molecule has 4 amide bonds. The van der Waals surface area contributed by atoms with E-state index in [4.69, 9.17) is 0 Å². The summed E-state index contributed by atoms with van der Waals surface area (Å²) in [5.74, 6) is -0.821. The Kier molecular flexibility index (Phi) is 10.8. The molecule has 10 heteroatoms. The summed E-state index contributed by atoms with van der Waals surface area (Å²) in [5.41, 5.74) is 3.57. The zero-order valence-corrected chi connectivity index (χ0v) is 29.1. The van der Waals surface area contributed by atoms with Gasteiger partial charge in [0.05, 0.1) is 0 Å². The second-order valence-electron chi connectivity index (χ2n) is 9.74. The normalized spacial score (nSPS) is 15.1. The fraction of sp³-hybridized carbons (Fsp3) is 0.333. The zero-order valence-electron chi connectivity index (χ0n) is 22.5. The van der Waals surface area contributed by atoms with Crippen molar-refractivity contribution in [2.24, 2.45) is 5.92 Å². The molecule has 210 valence electrons. The van der Waals surface area contributed by atoms with Crippen LogP contribution in [-0.2, 0) is 32.0 Å². The van der Waals surface area contributed by atoms with Crippen LogP contribution < -0.4 is 18.7 Å². The van der Waals surface area contributed by atoms with Crippen LogP contribution in [0.15, 0.2) is 57.5 Å². The second-order valence-corrected chi connectivity index (χ2v) is 15.9. The second kappa shape index (κ2) is 13.9. The Balaban J connectivity index is 1.52. The number of anilines is 2. The average molecular weight is 800 g/mol. The summed E-state index contributed by atoms with van der Waals surface area (Å²) in [7, 11) is 0. The molecule has 0 radical (unpaired) electrons. The van der Waals surface area contributed by atoms with Crippen LogP contribution in [0.1, 0.15) is 44.7 Å². The number of amides is 4. The van der Waals surface area contributed by atoms with Crippen LogP contribution in [0.2, 0.25) is 10.6 Å². The number of halogens is 2. The molecular weight excluding hydrogens is 770 g/mol. The van der Waals surface area contributed by atoms with E-state index in [9.17, 15) is 19.2 Å². The maximum atomic E-state index is 12.5. The number of carbonyl (C=O) groups excluding carboxylic acids is 4. The van der Waals surface area contributed by atoms with Crippen molar-refractivity contribution < 1.29 is 19.2 Å². The maximum absolute atomic E-state index is 12.5. The number of carbonyl (C=O) groups is 4. The molecule has 0 aliphatic carbocycles. The molecule has 6 nitrogen and oxygen atoms in total. The average Bonchev–Trinajstić information content (AvgIpc) is 3.43. The molecule has 2 aromatic carbocycles. The van der Waals surface area contributed by atoms with Crippen LogP contribution >= 0.6 is 31.9 Å². The minimum atomic E-state index is -0.298. The van der Waals surface area contributed by atoms with Crippen LogP contribution in [0.25, 0.3) is 0 Å². The topological polar surface area (TPSA) is 74.8 Å². The van der Waals surface area contributed by atoms with Crippen molar-refractivity contribution in [3.63, 3.8) is 0 Å². The predicted molar refractivity (Wildman–Crippen MR) is 169 cm³/mol. The molecule has 0 saturated carbocycles. The third-order valence-electron chi connectivity index (χ3n) is 6.44. The first-order valence-electron chi connectivity index (χ1n) is 13.2. The van der Waals surface area contributed by atoms with Gasteiger partial charge in [0, 0.05) is 0 Å². The van der Waals surface area contributed by atoms with Crippen molar-refractivity contribution in [1.82, 2.24) is 0 Å². The van der Waals surface area contributed by atoms with Crippen molar-refractivity contribution in [3.8, 4) is 0 Å². The van der Waals surface area contributed by atoms with Crippen molar-refractivity contribution in [1.29, 1.82) is 0 Å². The fourth-order valence-electron chi connectivity index (χ4n) is 4.46. The Morgan fingerprint density at radius 1 is 0.650 bits per heavy atom. The molecule has 4 rings (SSSR count). The van der Waals surface area contributed by atoms with Gasteiger partial charge in [0.15, 0.2) is 0 Å². The zero-order chi connectivity index (χ0) is 29.0. The van der Waals surface area contributed by atoms with Gasteiger partial charge >= 0.3 is 266 Å². The van der Waals surface area contributed by atoms with Gasteiger partial charge in [-0.1, -0.05) is 0 Å². The van der Waals surface area contributed by atoms with Crippen molar-refractivity contribution in [2.75, 3.05) is 9.80 Å². The molecular formula is C30H30Br2N2O4Se2. The minimum absolute atomic E-state index is 0.0282. The summed E-state index contributed by atoms with van der Waals surface area (Å²) in [4.78, 5) is 52.7. The number of hydrogen-bond donors (Lipinski definition) is 0. The molecule has 2 aromatic rings. The Bertz CT molecular complexity index is 1280. The van der Waals surface area contributed by atoms with Gasteiger partial charge in [-0.2, -0.15) is 0 Å². The molecule has 0 fully saturated rings. The van der Waals surface area contributed by atoms with E-state index in [1.165, 1.54) is 34.1 Å². The van der Waals surface area contributed by atoms with Crippen LogP contribution in [0.3, 0.4) is 0 Å². The first-order chi connectivity index (χ1) is 19.1. The molecule has 0 atom stereocenters. The predicted octanol–water partition coefficient (Wildman–Crippen LogP) is 4.81. The molecule has 0 unspecified atom stereocenters. The Morgan fingerprint density at radius 3 is 1.32 bits per heavy atom. The molecule has 2 aliphatic rings. The summed E-state index contributed by atoms with van der Waals surface area (Å²) < 4.78 is 4.06. The molecule has 0 aromatic heterocycles. The van der Waals surface area contributed by atoms with E-state index in [1.54, 1.807) is 0 Å². The summed E-state index contributed by atoms with van der Waals surface area (Å²) in [6.45, 7) is 6.42. The molecule has 0 saturated heterocycles. The summed E-state index contributed by atoms with van der Waals surface area (Å²) >= 11 is 7.46. The number of rotatable bonds is 12. The number of hydrogen-bond acceptors (Lipinski definition) is 4. The number of nitrogens with zero attached hydrogens (tertiary/aromatic N) is 2. The molecule has 2 heterocycles. The van der Waals surface area contributed by atoms with E-state index in [-0.39, 0.29) is 53.5 Å². The van der Waals surface area contributed by atoms with E-state index < -0.39 is 0 Å². The molecule has 0 spiro atoms. The molecule has 40 heavy (non-hydrogen) atoms. The number of benzene rings is 2. The van der Waals surface area contributed by atoms with Gasteiger partial charge < -0.3 is 0 Å². The quantitative estimate of drug-likeness (QED) is 0.229. The van der Waals surface area contributed by atoms with Crippen LogP contribution in [-0.4, -0.2) is 53.5 Å². The third kappa shape index (κ3) is 6.97. The molecule has 0 bridgehead atoms. The SMILES string of the molecule is CCCc1cc(N2C(=O)C=CC2=O)c([Se]CC(C)C[Se]c2cc(Br)c(CCC)cc2N2C(=O)C=CC2=O)cc1Br. The van der Waals surface area contributed by atoms with Crippen LogP contribution in [0.4, 0.5) is 11.4 Å². The van der Waals surface area contributed by atoms with Gasteiger partial charge in [0.25, 0.3) is 0 Å². The van der Waals surface area contributed by atoms with Crippen molar-refractivity contribution >= 4 is 106 Å². The van der Waals surface area contributed by atoms with Gasteiger partial charge in [0.1, 0.15) is 0 Å². The molecule has 2 aliphatic heterocycles. The van der Waals surface area contributed by atoms with Crippen LogP contribution in [0.5, 0.6) is 0 Å². The standard InChI is InChI=1S/C30H30Br2N2O4Se2/c1-4-6-19-12-23(33-27(35)8-9-28(33)36)25(14-21(19)31)39-16-18(3)17-40-26-15-22(32)20(7-5-2)13-24(26)34-29(37)10-11-30(34)38/h8-15,18H,4-7,16-17H2,1-3H3. The molecule has 0 N–H and O–H groups in total. The Hall–Kier alpha value is -1.80. The fourth-order valence-corrected chi connectivity index (χ4v) is 11.5. The van der Waals surface area contributed by atoms with E-state index in [0.29, 0.717) is 17.3 Å². The van der Waals surface area contributed by atoms with E-state index in [2.05, 4.69) is 64.8 Å². The monoisotopic (exact) mass is 800 g/mol. The summed E-state index contributed by atoms with van der Waals surface area (Å²) in [6, 6.07) is 8.14. The Morgan fingerprint density at radius 2 is 1.00 bits per heavy atom. The van der Waals surface area contributed by atoms with E-state index in [1.807, 2.05) is 12.1 Å². The first kappa shape index (κ1) is 31.1. The summed E-state index contributed by atoms with van der Waals surface area (Å²) in [5, 5.41) is 1.86. The number of imide groups is 2. The first-order valence-corrected chi connectivity index (χ1v) is 18.9. The van der Waals surface area contributed by atoms with Gasteiger partial charge in [-0.05, 0) is 0 Å². The number of aryl methyl sites for hydroxylation is 2. The Labute approximate surface area is 264 Å². The third-order valence-corrected chi connectivity index (χ3v) is 13.7. The van der Waals surface area contributed by atoms with Crippen LogP contribution in [0, 0.1) is 5.92 Å². The van der Waals surface area contributed by atoms with Gasteiger partial charge in [-0.15, -0.1) is 0 Å². The van der Waals surface area contributed by atoms with E-state index in [0.717, 1.165) is 65.3 Å². The summed E-state index contributed by atoms with van der Waals surface area (Å²) in [6.07, 6.45) is 8.97.